The molecule has 4 nitrogen and oxygen atoms in total. The number of hydrogen-bond acceptors (Lipinski definition) is 3. The summed E-state index contributed by atoms with van der Waals surface area (Å²) in [6, 6.07) is 3.54. The van der Waals surface area contributed by atoms with Gasteiger partial charge in [0.05, 0.1) is 18.0 Å². The maximum Gasteiger partial charge on any atom is 0.252 e. The summed E-state index contributed by atoms with van der Waals surface area (Å²) in [5.74, 6) is 0. The van der Waals surface area contributed by atoms with Crippen LogP contribution < -0.4 is 0 Å². The lowest BCUT2D eigenvalue weighted by Gasteiger charge is -2.21. The molecule has 1 aromatic rings. The summed E-state index contributed by atoms with van der Waals surface area (Å²) >= 11 is 11.4. The topological polar surface area (TPSA) is 57.6 Å². The molecule has 1 N–H and O–H groups in total. The Labute approximate surface area is 119 Å². The molecular formula is C10H11Cl2F2NO3S. The molecule has 108 valence electrons. The van der Waals surface area contributed by atoms with Crippen molar-refractivity contribution in [3.05, 3.63) is 28.2 Å². The number of halogens is 4. The Bertz CT molecular complexity index is 519. The number of benzene rings is 1. The smallest absolute Gasteiger partial charge is 0.252 e. The van der Waals surface area contributed by atoms with Crippen molar-refractivity contribution in [2.75, 3.05) is 19.7 Å². The molecule has 0 aliphatic carbocycles. The third-order valence-electron chi connectivity index (χ3n) is 2.16. The summed E-state index contributed by atoms with van der Waals surface area (Å²) in [6.07, 6.45) is -2.85. The van der Waals surface area contributed by atoms with E-state index < -0.39 is 36.1 Å². The second-order valence-corrected chi connectivity index (χ2v) is 6.39. The highest BCUT2D eigenvalue weighted by molar-refractivity contribution is 7.89. The van der Waals surface area contributed by atoms with Crippen LogP contribution in [0.3, 0.4) is 0 Å². The standard InChI is InChI=1S/C10H11Cl2F2NO3S/c11-7-3-8(12)5-9(4-7)19(17,18)15(1-2-16)6-10(13)14/h3-5,10,16H,1-2,6H2. The molecule has 0 spiro atoms. The highest BCUT2D eigenvalue weighted by Crippen LogP contribution is 2.25. The van der Waals surface area contributed by atoms with Gasteiger partial charge in [0.25, 0.3) is 6.43 Å². The van der Waals surface area contributed by atoms with Crippen molar-refractivity contribution in [1.82, 2.24) is 4.31 Å². The fraction of sp³-hybridized carbons (Fsp3) is 0.400. The third-order valence-corrected chi connectivity index (χ3v) is 4.44. The van der Waals surface area contributed by atoms with Gasteiger partial charge in [0.1, 0.15) is 0 Å². The maximum absolute atomic E-state index is 12.4. The Morgan fingerprint density at radius 3 is 2.16 bits per heavy atom. The van der Waals surface area contributed by atoms with Gasteiger partial charge in [-0.3, -0.25) is 0 Å². The fourth-order valence-electron chi connectivity index (χ4n) is 1.40. The van der Waals surface area contributed by atoms with E-state index in [0.717, 1.165) is 12.1 Å². The minimum absolute atomic E-state index is 0.0760. The second-order valence-electron chi connectivity index (χ2n) is 3.58. The third kappa shape index (κ3) is 4.54. The van der Waals surface area contributed by atoms with E-state index in [-0.39, 0.29) is 14.9 Å². The largest absolute Gasteiger partial charge is 0.395 e. The molecule has 0 aliphatic heterocycles. The SMILES string of the molecule is O=S(=O)(c1cc(Cl)cc(Cl)c1)N(CCO)CC(F)F. The van der Waals surface area contributed by atoms with E-state index in [0.29, 0.717) is 4.31 Å². The summed E-state index contributed by atoms with van der Waals surface area (Å²) in [7, 11) is -4.18. The van der Waals surface area contributed by atoms with Crippen LogP contribution in [0.5, 0.6) is 0 Å². The molecule has 0 atom stereocenters. The lowest BCUT2D eigenvalue weighted by molar-refractivity contribution is 0.113. The molecular weight excluding hydrogens is 323 g/mol. The first-order valence-corrected chi connectivity index (χ1v) is 7.32. The number of sulfonamides is 1. The molecule has 0 bridgehead atoms. The van der Waals surface area contributed by atoms with Gasteiger partial charge in [-0.25, -0.2) is 17.2 Å². The second kappa shape index (κ2) is 6.81. The lowest BCUT2D eigenvalue weighted by atomic mass is 10.4. The van der Waals surface area contributed by atoms with Gasteiger partial charge in [-0.1, -0.05) is 23.2 Å². The normalized spacial score (nSPS) is 12.4. The molecule has 1 rings (SSSR count). The number of aliphatic hydroxyl groups is 1. The van der Waals surface area contributed by atoms with Crippen LogP contribution in [0.25, 0.3) is 0 Å². The van der Waals surface area contributed by atoms with Gasteiger partial charge in [-0.05, 0) is 18.2 Å². The highest BCUT2D eigenvalue weighted by atomic mass is 35.5. The van der Waals surface area contributed by atoms with E-state index in [1.165, 1.54) is 6.07 Å². The van der Waals surface area contributed by atoms with Gasteiger partial charge in [-0.2, -0.15) is 4.31 Å². The molecule has 0 aromatic heterocycles. The van der Waals surface area contributed by atoms with Crippen molar-refractivity contribution in [2.24, 2.45) is 0 Å². The van der Waals surface area contributed by atoms with E-state index in [1.807, 2.05) is 0 Å². The van der Waals surface area contributed by atoms with Crippen LogP contribution in [0, 0.1) is 0 Å². The van der Waals surface area contributed by atoms with Crippen molar-refractivity contribution in [3.63, 3.8) is 0 Å². The predicted molar refractivity (Wildman–Crippen MR) is 68.3 cm³/mol. The highest BCUT2D eigenvalue weighted by Gasteiger charge is 2.27. The molecule has 19 heavy (non-hydrogen) atoms. The number of alkyl halides is 2. The van der Waals surface area contributed by atoms with Gasteiger partial charge in [0.15, 0.2) is 0 Å². The summed E-state index contributed by atoms with van der Waals surface area (Å²) in [6.45, 7) is -2.01. The van der Waals surface area contributed by atoms with Crippen molar-refractivity contribution < 1.29 is 22.3 Å². The Morgan fingerprint density at radius 2 is 1.74 bits per heavy atom. The zero-order chi connectivity index (χ0) is 14.6. The summed E-state index contributed by atoms with van der Waals surface area (Å²) < 4.78 is 49.5. The van der Waals surface area contributed by atoms with Crippen molar-refractivity contribution in [3.8, 4) is 0 Å². The Balaban J connectivity index is 3.18. The minimum atomic E-state index is -4.18. The van der Waals surface area contributed by atoms with Gasteiger partial charge in [0, 0.05) is 16.6 Å². The molecule has 0 radical (unpaired) electrons. The van der Waals surface area contributed by atoms with Gasteiger partial charge >= 0.3 is 0 Å². The van der Waals surface area contributed by atoms with Crippen LogP contribution in [-0.4, -0.2) is 44.0 Å². The van der Waals surface area contributed by atoms with E-state index in [2.05, 4.69) is 0 Å². The van der Waals surface area contributed by atoms with Gasteiger partial charge in [-0.15, -0.1) is 0 Å². The average molecular weight is 334 g/mol. The van der Waals surface area contributed by atoms with E-state index in [4.69, 9.17) is 28.3 Å². The molecule has 9 heteroatoms. The van der Waals surface area contributed by atoms with E-state index in [9.17, 15) is 17.2 Å². The van der Waals surface area contributed by atoms with Crippen LogP contribution in [0.1, 0.15) is 0 Å². The van der Waals surface area contributed by atoms with Crippen molar-refractivity contribution in [2.45, 2.75) is 11.3 Å². The quantitative estimate of drug-likeness (QED) is 0.868. The fourth-order valence-corrected chi connectivity index (χ4v) is 3.54. The number of rotatable bonds is 6. The number of nitrogens with zero attached hydrogens (tertiary/aromatic N) is 1. The van der Waals surface area contributed by atoms with E-state index in [1.54, 1.807) is 0 Å². The van der Waals surface area contributed by atoms with Crippen molar-refractivity contribution >= 4 is 33.2 Å². The molecule has 0 saturated carbocycles. The lowest BCUT2D eigenvalue weighted by Crippen LogP contribution is -2.37. The molecule has 0 fully saturated rings. The molecule has 0 saturated heterocycles. The molecule has 0 unspecified atom stereocenters. The zero-order valence-corrected chi connectivity index (χ0v) is 11.9. The maximum atomic E-state index is 12.4. The van der Waals surface area contributed by atoms with Gasteiger partial charge < -0.3 is 5.11 Å². The van der Waals surface area contributed by atoms with Gasteiger partial charge in [0.2, 0.25) is 10.0 Å². The summed E-state index contributed by atoms with van der Waals surface area (Å²) in [4.78, 5) is -0.292. The first kappa shape index (κ1) is 16.6. The Morgan fingerprint density at radius 1 is 1.21 bits per heavy atom. The van der Waals surface area contributed by atoms with E-state index >= 15 is 0 Å². The first-order valence-electron chi connectivity index (χ1n) is 5.12. The molecule has 0 aliphatic rings. The average Bonchev–Trinajstić information content (AvgIpc) is 2.26. The number of hydrogen-bond donors (Lipinski definition) is 1. The van der Waals surface area contributed by atoms with Crippen LogP contribution in [0.2, 0.25) is 10.0 Å². The van der Waals surface area contributed by atoms with Crippen LogP contribution in [0.15, 0.2) is 23.1 Å². The summed E-state index contributed by atoms with van der Waals surface area (Å²) in [5, 5.41) is 8.92. The summed E-state index contributed by atoms with van der Waals surface area (Å²) in [5.41, 5.74) is 0. The van der Waals surface area contributed by atoms with Crippen LogP contribution in [0.4, 0.5) is 8.78 Å². The Kier molecular flexibility index (Phi) is 5.94. The number of aliphatic hydroxyl groups excluding tert-OH is 1. The Hall–Kier alpha value is -0.470. The minimum Gasteiger partial charge on any atom is -0.395 e. The first-order chi connectivity index (χ1) is 8.77. The molecule has 0 amide bonds. The molecule has 1 aromatic carbocycles. The van der Waals surface area contributed by atoms with Crippen LogP contribution in [-0.2, 0) is 10.0 Å². The zero-order valence-electron chi connectivity index (χ0n) is 9.56. The molecule has 0 heterocycles. The monoisotopic (exact) mass is 333 g/mol. The van der Waals surface area contributed by atoms with Crippen LogP contribution >= 0.6 is 23.2 Å². The van der Waals surface area contributed by atoms with Crippen molar-refractivity contribution in [1.29, 1.82) is 0 Å². The predicted octanol–water partition coefficient (Wildman–Crippen LogP) is 2.24.